The number of carbonyl (C=O) groups is 2. The number of anilines is 1. The van der Waals surface area contributed by atoms with Crippen LogP contribution in [0.2, 0.25) is 0 Å². The van der Waals surface area contributed by atoms with Crippen molar-refractivity contribution in [3.8, 4) is 11.5 Å². The quantitative estimate of drug-likeness (QED) is 0.637. The second-order valence-corrected chi connectivity index (χ2v) is 8.72. The molecule has 5 rings (SSSR count). The van der Waals surface area contributed by atoms with Crippen molar-refractivity contribution in [3.05, 3.63) is 76.2 Å². The van der Waals surface area contributed by atoms with Gasteiger partial charge in [0.2, 0.25) is 11.8 Å². The average Bonchev–Trinajstić information content (AvgIpc) is 3.48. The Labute approximate surface area is 188 Å². The highest BCUT2D eigenvalue weighted by atomic mass is 32.1. The molecule has 0 bridgehead atoms. The molecule has 8 heteroatoms. The van der Waals surface area contributed by atoms with Crippen LogP contribution in [-0.2, 0) is 9.59 Å². The summed E-state index contributed by atoms with van der Waals surface area (Å²) in [6.45, 7) is 1.24. The highest BCUT2D eigenvalue weighted by molar-refractivity contribution is 7.10. The van der Waals surface area contributed by atoms with Gasteiger partial charge in [-0.1, -0.05) is 18.2 Å². The summed E-state index contributed by atoms with van der Waals surface area (Å²) in [5, 5.41) is 5.00. The van der Waals surface area contributed by atoms with Crippen LogP contribution in [0.4, 0.5) is 10.1 Å². The molecule has 2 aliphatic heterocycles. The number of amides is 2. The van der Waals surface area contributed by atoms with Gasteiger partial charge < -0.3 is 19.7 Å². The minimum absolute atomic E-state index is 0.115. The molecule has 0 aliphatic carbocycles. The van der Waals surface area contributed by atoms with Crippen molar-refractivity contribution in [3.63, 3.8) is 0 Å². The first-order chi connectivity index (χ1) is 15.6. The van der Waals surface area contributed by atoms with Gasteiger partial charge >= 0.3 is 0 Å². The van der Waals surface area contributed by atoms with Crippen LogP contribution in [0.15, 0.2) is 60.0 Å². The molecule has 1 saturated heterocycles. The summed E-state index contributed by atoms with van der Waals surface area (Å²) in [5.41, 5.74) is 1.47. The van der Waals surface area contributed by atoms with Gasteiger partial charge in [0.1, 0.15) is 19.0 Å². The fourth-order valence-corrected chi connectivity index (χ4v) is 4.82. The molecule has 164 valence electrons. The van der Waals surface area contributed by atoms with Crippen molar-refractivity contribution >= 4 is 28.8 Å². The van der Waals surface area contributed by atoms with E-state index in [-0.39, 0.29) is 30.6 Å². The number of hydrogen-bond acceptors (Lipinski definition) is 5. The maximum Gasteiger partial charge on any atom is 0.227 e. The molecule has 0 radical (unpaired) electrons. The number of carbonyl (C=O) groups excluding carboxylic acids is 2. The summed E-state index contributed by atoms with van der Waals surface area (Å²) in [7, 11) is 0. The second-order valence-electron chi connectivity index (χ2n) is 7.74. The Morgan fingerprint density at radius 3 is 2.62 bits per heavy atom. The third-order valence-electron chi connectivity index (χ3n) is 5.65. The van der Waals surface area contributed by atoms with Gasteiger partial charge in [0, 0.05) is 29.6 Å². The van der Waals surface area contributed by atoms with Crippen LogP contribution in [-0.4, -0.2) is 31.6 Å². The Balaban J connectivity index is 1.33. The lowest BCUT2D eigenvalue weighted by atomic mass is 10.0. The van der Waals surface area contributed by atoms with Crippen molar-refractivity contribution < 1.29 is 23.5 Å². The van der Waals surface area contributed by atoms with E-state index >= 15 is 0 Å². The topological polar surface area (TPSA) is 67.9 Å². The summed E-state index contributed by atoms with van der Waals surface area (Å²) < 4.78 is 24.6. The predicted molar refractivity (Wildman–Crippen MR) is 119 cm³/mol. The van der Waals surface area contributed by atoms with Crippen molar-refractivity contribution in [2.45, 2.75) is 12.5 Å². The van der Waals surface area contributed by atoms with Crippen molar-refractivity contribution in [2.75, 3.05) is 24.7 Å². The van der Waals surface area contributed by atoms with E-state index < -0.39 is 12.0 Å². The zero-order valence-electron chi connectivity index (χ0n) is 17.1. The molecular weight excluding hydrogens is 431 g/mol. The number of rotatable bonds is 5. The maximum atomic E-state index is 13.4. The molecule has 32 heavy (non-hydrogen) atoms. The van der Waals surface area contributed by atoms with Crippen LogP contribution in [0.5, 0.6) is 11.5 Å². The molecule has 2 amide bonds. The molecular formula is C24H21FN2O4S. The van der Waals surface area contributed by atoms with Gasteiger partial charge in [0.25, 0.3) is 0 Å². The van der Waals surface area contributed by atoms with Gasteiger partial charge in [0.05, 0.1) is 12.0 Å². The maximum absolute atomic E-state index is 13.4. The van der Waals surface area contributed by atoms with Crippen LogP contribution in [0.3, 0.4) is 0 Å². The van der Waals surface area contributed by atoms with E-state index in [1.54, 1.807) is 35.2 Å². The van der Waals surface area contributed by atoms with Crippen molar-refractivity contribution in [2.24, 2.45) is 5.92 Å². The highest BCUT2D eigenvalue weighted by Gasteiger charge is 2.36. The van der Waals surface area contributed by atoms with Gasteiger partial charge in [-0.05, 0) is 41.3 Å². The van der Waals surface area contributed by atoms with Crippen LogP contribution in [0, 0.1) is 11.7 Å². The van der Waals surface area contributed by atoms with Crippen LogP contribution < -0.4 is 19.7 Å². The van der Waals surface area contributed by atoms with Gasteiger partial charge in [-0.3, -0.25) is 9.59 Å². The van der Waals surface area contributed by atoms with E-state index in [1.165, 1.54) is 23.5 Å². The number of thiophene rings is 1. The second kappa shape index (κ2) is 8.63. The van der Waals surface area contributed by atoms with E-state index in [0.717, 1.165) is 10.4 Å². The van der Waals surface area contributed by atoms with Gasteiger partial charge in [0.15, 0.2) is 11.5 Å². The first-order valence-electron chi connectivity index (χ1n) is 10.4. The first kappa shape index (κ1) is 20.5. The average molecular weight is 453 g/mol. The normalized spacial score (nSPS) is 18.5. The largest absolute Gasteiger partial charge is 0.486 e. The number of fused-ring (bicyclic) bond motifs is 1. The van der Waals surface area contributed by atoms with Gasteiger partial charge in [-0.25, -0.2) is 4.39 Å². The van der Waals surface area contributed by atoms with Crippen LogP contribution in [0.1, 0.15) is 22.9 Å². The Bertz CT molecular complexity index is 1130. The zero-order valence-corrected chi connectivity index (χ0v) is 17.9. The fraction of sp³-hybridized carbons (Fsp3) is 0.250. The molecule has 1 N–H and O–H groups in total. The van der Waals surface area contributed by atoms with E-state index in [4.69, 9.17) is 9.47 Å². The summed E-state index contributed by atoms with van der Waals surface area (Å²) in [5.74, 6) is 0.111. The first-order valence-corrected chi connectivity index (χ1v) is 11.3. The molecule has 3 heterocycles. The standard InChI is InChI=1S/C24H21FN2O4S/c25-17-5-3-15(4-6-17)23(21-2-1-11-32-21)26-24(29)16-12-22(28)27(14-16)18-7-8-19-20(13-18)31-10-9-30-19/h1-8,11,13,16,23H,9-10,12,14H2,(H,26,29)/t16-,23+/m0/s1. The smallest absolute Gasteiger partial charge is 0.227 e. The lowest BCUT2D eigenvalue weighted by Gasteiger charge is -2.23. The summed E-state index contributed by atoms with van der Waals surface area (Å²) in [6, 6.07) is 14.9. The molecule has 0 spiro atoms. The lowest BCUT2D eigenvalue weighted by molar-refractivity contribution is -0.126. The SMILES string of the molecule is O=C(N[C@H](c1ccc(F)cc1)c1cccs1)[C@H]1CC(=O)N(c2ccc3c(c2)OCCO3)C1. The van der Waals surface area contributed by atoms with E-state index in [9.17, 15) is 14.0 Å². The van der Waals surface area contributed by atoms with E-state index in [2.05, 4.69) is 5.32 Å². The van der Waals surface area contributed by atoms with Gasteiger partial charge in [-0.15, -0.1) is 11.3 Å². The fourth-order valence-electron chi connectivity index (χ4n) is 4.02. The third-order valence-corrected chi connectivity index (χ3v) is 6.59. The van der Waals surface area contributed by atoms with Crippen LogP contribution in [0.25, 0.3) is 0 Å². The number of halogens is 1. The molecule has 1 fully saturated rings. The Morgan fingerprint density at radius 1 is 1.09 bits per heavy atom. The number of hydrogen-bond donors (Lipinski definition) is 1. The minimum Gasteiger partial charge on any atom is -0.486 e. The number of ether oxygens (including phenoxy) is 2. The predicted octanol–water partition coefficient (Wildman–Crippen LogP) is 3.92. The third kappa shape index (κ3) is 4.05. The molecule has 3 aromatic rings. The van der Waals surface area contributed by atoms with E-state index in [0.29, 0.717) is 30.4 Å². The molecule has 1 aromatic heterocycles. The van der Waals surface area contributed by atoms with Gasteiger partial charge in [-0.2, -0.15) is 0 Å². The zero-order chi connectivity index (χ0) is 22.1. The summed E-state index contributed by atoms with van der Waals surface area (Å²) >= 11 is 1.51. The van der Waals surface area contributed by atoms with Crippen molar-refractivity contribution in [1.29, 1.82) is 0 Å². The highest BCUT2D eigenvalue weighted by Crippen LogP contribution is 2.36. The minimum atomic E-state index is -0.487. The Kier molecular flexibility index (Phi) is 5.53. The number of benzene rings is 2. The molecule has 0 unspecified atom stereocenters. The van der Waals surface area contributed by atoms with Crippen LogP contribution >= 0.6 is 11.3 Å². The molecule has 2 aromatic carbocycles. The number of nitrogens with one attached hydrogen (secondary N) is 1. The Morgan fingerprint density at radius 2 is 1.88 bits per heavy atom. The monoisotopic (exact) mass is 452 g/mol. The number of nitrogens with zero attached hydrogens (tertiary/aromatic N) is 1. The molecule has 2 aliphatic rings. The molecule has 0 saturated carbocycles. The van der Waals surface area contributed by atoms with E-state index in [1.807, 2.05) is 17.5 Å². The summed E-state index contributed by atoms with van der Waals surface area (Å²) in [6.07, 6.45) is 0.126. The Hall–Kier alpha value is -3.39. The van der Waals surface area contributed by atoms with Crippen molar-refractivity contribution in [1.82, 2.24) is 5.32 Å². The lowest BCUT2D eigenvalue weighted by Crippen LogP contribution is -2.35. The molecule has 6 nitrogen and oxygen atoms in total. The summed E-state index contributed by atoms with van der Waals surface area (Å²) in [4.78, 5) is 28.4. The molecule has 2 atom stereocenters.